The molecule has 3 heterocycles. The van der Waals surface area contributed by atoms with Crippen LogP contribution in [0.1, 0.15) is 12.6 Å². The van der Waals surface area contributed by atoms with E-state index in [1.165, 1.54) is 19.3 Å². The van der Waals surface area contributed by atoms with E-state index in [4.69, 9.17) is 9.47 Å². The quantitative estimate of drug-likeness (QED) is 0.593. The fourth-order valence-electron chi connectivity index (χ4n) is 2.69. The summed E-state index contributed by atoms with van der Waals surface area (Å²) >= 11 is 0. The Morgan fingerprint density at radius 1 is 1.32 bits per heavy atom. The average Bonchev–Trinajstić information content (AvgIpc) is 3.14. The number of pyridine rings is 1. The van der Waals surface area contributed by atoms with Crippen LogP contribution < -0.4 is 10.1 Å². The predicted molar refractivity (Wildman–Crippen MR) is 87.2 cm³/mol. The first-order valence-corrected chi connectivity index (χ1v) is 8.19. The summed E-state index contributed by atoms with van der Waals surface area (Å²) in [7, 11) is 0. The Bertz CT molecular complexity index is 817. The minimum absolute atomic E-state index is 0.304. The molecule has 2 aromatic heterocycles. The molecule has 9 nitrogen and oxygen atoms in total. The molecule has 0 saturated carbocycles. The smallest absolute Gasteiger partial charge is 0.433 e. The Morgan fingerprint density at radius 2 is 2.07 bits per heavy atom. The molecule has 12 heteroatoms. The Labute approximate surface area is 156 Å². The molecule has 0 spiro atoms. The molecule has 5 atom stereocenters. The number of aliphatic hydroxyl groups excluding tert-OH is 2. The predicted octanol–water partition coefficient (Wildman–Crippen LogP) is 0.719. The van der Waals surface area contributed by atoms with Crippen LogP contribution in [0.2, 0.25) is 0 Å². The van der Waals surface area contributed by atoms with Crippen LogP contribution in [0.5, 0.6) is 5.88 Å². The van der Waals surface area contributed by atoms with E-state index in [2.05, 4.69) is 20.5 Å². The lowest BCUT2D eigenvalue weighted by Gasteiger charge is -2.40. The number of carbonyl (C=O) groups is 1. The first-order chi connectivity index (χ1) is 13.2. The van der Waals surface area contributed by atoms with Gasteiger partial charge in [0.2, 0.25) is 5.88 Å². The molecule has 0 unspecified atom stereocenters. The van der Waals surface area contributed by atoms with Crippen molar-refractivity contribution in [3.05, 3.63) is 36.3 Å². The summed E-state index contributed by atoms with van der Waals surface area (Å²) in [6.07, 6.45) is -8.89. The second-order valence-corrected chi connectivity index (χ2v) is 6.16. The van der Waals surface area contributed by atoms with Crippen LogP contribution >= 0.6 is 0 Å². The average molecular weight is 402 g/mol. The van der Waals surface area contributed by atoms with E-state index in [0.717, 1.165) is 18.2 Å². The zero-order chi connectivity index (χ0) is 20.5. The van der Waals surface area contributed by atoms with Gasteiger partial charge in [0, 0.05) is 12.3 Å². The number of nitrogens with one attached hydrogen (secondary N) is 2. The molecule has 1 amide bonds. The van der Waals surface area contributed by atoms with Gasteiger partial charge >= 0.3 is 6.18 Å². The number of halogens is 3. The molecule has 4 N–H and O–H groups in total. The fraction of sp³-hybridized carbons (Fsp3) is 0.438. The maximum Gasteiger partial charge on any atom is 0.433 e. The summed E-state index contributed by atoms with van der Waals surface area (Å²) in [4.78, 5) is 15.9. The molecule has 28 heavy (non-hydrogen) atoms. The van der Waals surface area contributed by atoms with Gasteiger partial charge in [-0.05, 0) is 13.0 Å². The zero-order valence-electron chi connectivity index (χ0n) is 14.4. The van der Waals surface area contributed by atoms with Gasteiger partial charge in [-0.15, -0.1) is 0 Å². The molecule has 3 rings (SSSR count). The van der Waals surface area contributed by atoms with Crippen LogP contribution in [0.4, 0.5) is 18.9 Å². The van der Waals surface area contributed by atoms with Gasteiger partial charge in [-0.3, -0.25) is 9.89 Å². The Morgan fingerprint density at radius 3 is 2.71 bits per heavy atom. The molecule has 0 aromatic carbocycles. The highest BCUT2D eigenvalue weighted by molar-refractivity contribution is 5.94. The van der Waals surface area contributed by atoms with E-state index in [9.17, 15) is 28.2 Å². The number of hydrogen-bond donors (Lipinski definition) is 4. The van der Waals surface area contributed by atoms with Crippen molar-refractivity contribution in [3.63, 3.8) is 0 Å². The fourth-order valence-corrected chi connectivity index (χ4v) is 2.69. The van der Waals surface area contributed by atoms with Gasteiger partial charge in [0.05, 0.1) is 18.0 Å². The lowest BCUT2D eigenvalue weighted by Crippen LogP contribution is -2.62. The van der Waals surface area contributed by atoms with E-state index in [1.54, 1.807) is 0 Å². The highest BCUT2D eigenvalue weighted by atomic mass is 19.4. The van der Waals surface area contributed by atoms with Crippen LogP contribution in [0.25, 0.3) is 0 Å². The van der Waals surface area contributed by atoms with Crippen LogP contribution in [-0.4, -0.2) is 61.8 Å². The number of aliphatic hydroxyl groups is 2. The van der Waals surface area contributed by atoms with Gasteiger partial charge in [-0.1, -0.05) is 6.07 Å². The number of aromatic nitrogens is 3. The first kappa shape index (κ1) is 20.0. The van der Waals surface area contributed by atoms with Crippen molar-refractivity contribution in [2.24, 2.45) is 0 Å². The Kier molecular flexibility index (Phi) is 5.54. The summed E-state index contributed by atoms with van der Waals surface area (Å²) in [5.74, 6) is -1.22. The molecule has 1 aliphatic heterocycles. The number of rotatable bonds is 4. The third kappa shape index (κ3) is 4.24. The van der Waals surface area contributed by atoms with Gasteiger partial charge in [0.25, 0.3) is 5.91 Å². The van der Waals surface area contributed by atoms with Crippen LogP contribution in [0, 0.1) is 0 Å². The second kappa shape index (κ2) is 7.73. The standard InChI is InChI=1S/C16H17F3N4O5/c1-7-11(24)12(25)13(14(27-7)15(26)22-8-5-20-21-6-8)28-10-4-2-3-9(23-10)16(17,18)19/h2-7,11-14,24-25H,1H3,(H,20,21)(H,22,26)/t7-,11+,12+,13-,14+/m1/s1. The van der Waals surface area contributed by atoms with E-state index >= 15 is 0 Å². The molecule has 2 aromatic rings. The monoisotopic (exact) mass is 402 g/mol. The molecule has 0 radical (unpaired) electrons. The maximum atomic E-state index is 12.8. The molecule has 1 aliphatic rings. The highest BCUT2D eigenvalue weighted by Gasteiger charge is 2.48. The summed E-state index contributed by atoms with van der Waals surface area (Å²) in [6.45, 7) is 1.44. The number of H-pyrrole nitrogens is 1. The lowest BCUT2D eigenvalue weighted by atomic mass is 9.95. The van der Waals surface area contributed by atoms with Gasteiger partial charge < -0.3 is 25.0 Å². The highest BCUT2D eigenvalue weighted by Crippen LogP contribution is 2.30. The summed E-state index contributed by atoms with van der Waals surface area (Å²) in [6, 6.07) is 2.96. The summed E-state index contributed by atoms with van der Waals surface area (Å²) in [5, 5.41) is 29.0. The van der Waals surface area contributed by atoms with Crippen molar-refractivity contribution in [1.82, 2.24) is 15.2 Å². The normalized spacial score (nSPS) is 28.0. The Balaban J connectivity index is 1.84. The SMILES string of the molecule is C[C@H]1O[C@H](C(=O)Nc2cn[nH]c2)[C@H](Oc2cccc(C(F)(F)F)n2)[C@@H](O)[C@H]1O. The molecule has 1 fully saturated rings. The zero-order valence-corrected chi connectivity index (χ0v) is 14.4. The van der Waals surface area contributed by atoms with E-state index < -0.39 is 54.2 Å². The molecular formula is C16H17F3N4O5. The summed E-state index contributed by atoms with van der Waals surface area (Å²) in [5.41, 5.74) is -0.901. The van der Waals surface area contributed by atoms with Gasteiger partial charge in [0.1, 0.15) is 17.9 Å². The molecule has 1 saturated heterocycles. The largest absolute Gasteiger partial charge is 0.468 e. The van der Waals surface area contributed by atoms with Crippen molar-refractivity contribution in [2.45, 2.75) is 43.6 Å². The number of anilines is 1. The topological polar surface area (TPSA) is 130 Å². The summed E-state index contributed by atoms with van der Waals surface area (Å²) < 4.78 is 49.3. The van der Waals surface area contributed by atoms with E-state index in [-0.39, 0.29) is 0 Å². The van der Waals surface area contributed by atoms with Crippen LogP contribution in [0.3, 0.4) is 0 Å². The number of ether oxygens (including phenoxy) is 2. The van der Waals surface area contributed by atoms with Crippen molar-refractivity contribution in [2.75, 3.05) is 5.32 Å². The van der Waals surface area contributed by atoms with Gasteiger partial charge in [-0.25, -0.2) is 4.98 Å². The third-order valence-corrected chi connectivity index (χ3v) is 4.12. The first-order valence-electron chi connectivity index (χ1n) is 8.19. The molecule has 152 valence electrons. The minimum atomic E-state index is -4.70. The van der Waals surface area contributed by atoms with E-state index in [0.29, 0.717) is 5.69 Å². The van der Waals surface area contributed by atoms with Crippen LogP contribution in [-0.2, 0) is 15.7 Å². The number of aromatic amines is 1. The van der Waals surface area contributed by atoms with Crippen molar-refractivity contribution in [3.8, 4) is 5.88 Å². The molecular weight excluding hydrogens is 385 g/mol. The Hall–Kier alpha value is -2.70. The van der Waals surface area contributed by atoms with Crippen molar-refractivity contribution in [1.29, 1.82) is 0 Å². The van der Waals surface area contributed by atoms with Crippen molar-refractivity contribution < 1.29 is 37.7 Å². The van der Waals surface area contributed by atoms with Crippen LogP contribution in [0.15, 0.2) is 30.6 Å². The number of hydrogen-bond acceptors (Lipinski definition) is 7. The van der Waals surface area contributed by atoms with Crippen molar-refractivity contribution >= 4 is 11.6 Å². The van der Waals surface area contributed by atoms with E-state index in [1.807, 2.05) is 0 Å². The number of alkyl halides is 3. The maximum absolute atomic E-state index is 12.8. The second-order valence-electron chi connectivity index (χ2n) is 6.16. The van der Waals surface area contributed by atoms with Gasteiger partial charge in [-0.2, -0.15) is 18.3 Å². The number of amides is 1. The molecule has 0 bridgehead atoms. The molecule has 0 aliphatic carbocycles. The minimum Gasteiger partial charge on any atom is -0.468 e. The lowest BCUT2D eigenvalue weighted by molar-refractivity contribution is -0.208. The van der Waals surface area contributed by atoms with Gasteiger partial charge in [0.15, 0.2) is 12.2 Å². The third-order valence-electron chi connectivity index (χ3n) is 4.12. The number of nitrogens with zero attached hydrogens (tertiary/aromatic N) is 2. The number of carbonyl (C=O) groups excluding carboxylic acids is 1.